The number of anilines is 1. The van der Waals surface area contributed by atoms with Crippen LogP contribution in [0.4, 0.5) is 16.2 Å². The zero-order valence-electron chi connectivity index (χ0n) is 12.8. The van der Waals surface area contributed by atoms with Crippen LogP contribution in [0.3, 0.4) is 0 Å². The molecule has 0 saturated carbocycles. The number of hydrogen-bond acceptors (Lipinski definition) is 4. The average Bonchev–Trinajstić information content (AvgIpc) is 2.46. The molecule has 0 unspecified atom stereocenters. The number of nitrogens with zero attached hydrogens (tertiary/aromatic N) is 1. The van der Waals surface area contributed by atoms with Gasteiger partial charge in [0.2, 0.25) is 0 Å². The lowest BCUT2D eigenvalue weighted by Crippen LogP contribution is -2.18. The van der Waals surface area contributed by atoms with E-state index in [4.69, 9.17) is 4.74 Å². The fourth-order valence-corrected chi connectivity index (χ4v) is 2.42. The van der Waals surface area contributed by atoms with Gasteiger partial charge in [0.05, 0.1) is 10.6 Å². The Bertz CT molecular complexity index is 790. The Morgan fingerprint density at radius 3 is 2.48 bits per heavy atom. The summed E-state index contributed by atoms with van der Waals surface area (Å²) >= 11 is 3.41. The molecule has 0 radical (unpaired) electrons. The maximum Gasteiger partial charge on any atom is 0.417 e. The van der Waals surface area contributed by atoms with E-state index in [0.717, 1.165) is 15.6 Å². The van der Waals surface area contributed by atoms with Gasteiger partial charge in [0.1, 0.15) is 5.75 Å². The molecule has 7 heteroatoms. The van der Waals surface area contributed by atoms with E-state index in [2.05, 4.69) is 21.2 Å². The van der Waals surface area contributed by atoms with Crippen LogP contribution in [-0.2, 0) is 0 Å². The minimum atomic E-state index is -0.696. The predicted octanol–water partition coefficient (Wildman–Crippen LogP) is 4.89. The Balaban J connectivity index is 2.19. The second kappa shape index (κ2) is 6.78. The van der Waals surface area contributed by atoms with Gasteiger partial charge in [-0.25, -0.2) is 4.79 Å². The van der Waals surface area contributed by atoms with Crippen molar-refractivity contribution >= 4 is 33.4 Å². The molecule has 0 spiro atoms. The van der Waals surface area contributed by atoms with Gasteiger partial charge < -0.3 is 4.74 Å². The standard InChI is InChI=1S/C16H15BrN2O4/c1-9-4-5-12(19(21)22)8-14(9)18-16(20)23-15-7-10(2)13(17)6-11(15)3/h4-8H,1-3H3,(H,18,20). The molecular weight excluding hydrogens is 364 g/mol. The van der Waals surface area contributed by atoms with Crippen LogP contribution < -0.4 is 10.1 Å². The summed E-state index contributed by atoms with van der Waals surface area (Å²) in [6.45, 7) is 5.46. The van der Waals surface area contributed by atoms with Crippen molar-refractivity contribution in [3.05, 3.63) is 61.6 Å². The molecular formula is C16H15BrN2O4. The van der Waals surface area contributed by atoms with Crippen molar-refractivity contribution in [1.82, 2.24) is 0 Å². The summed E-state index contributed by atoms with van der Waals surface area (Å²) < 4.78 is 6.23. The van der Waals surface area contributed by atoms with Crippen LogP contribution in [0.25, 0.3) is 0 Å². The molecule has 1 N–H and O–H groups in total. The molecule has 0 aliphatic heterocycles. The van der Waals surface area contributed by atoms with Gasteiger partial charge in [-0.15, -0.1) is 0 Å². The summed E-state index contributed by atoms with van der Waals surface area (Å²) in [6.07, 6.45) is -0.696. The van der Waals surface area contributed by atoms with E-state index in [-0.39, 0.29) is 5.69 Å². The van der Waals surface area contributed by atoms with E-state index >= 15 is 0 Å². The van der Waals surface area contributed by atoms with Crippen LogP contribution in [0.15, 0.2) is 34.8 Å². The SMILES string of the molecule is Cc1cc(OC(=O)Nc2cc([N+](=O)[O-])ccc2C)c(C)cc1Br. The number of hydrogen-bond donors (Lipinski definition) is 1. The fraction of sp³-hybridized carbons (Fsp3) is 0.188. The van der Waals surface area contributed by atoms with Gasteiger partial charge in [-0.3, -0.25) is 15.4 Å². The first-order valence-electron chi connectivity index (χ1n) is 6.78. The maximum absolute atomic E-state index is 12.0. The number of rotatable bonds is 3. The molecule has 0 aromatic heterocycles. The lowest BCUT2D eigenvalue weighted by molar-refractivity contribution is -0.384. The summed E-state index contributed by atoms with van der Waals surface area (Å²) in [6, 6.07) is 7.86. The van der Waals surface area contributed by atoms with Gasteiger partial charge >= 0.3 is 6.09 Å². The third-order valence-electron chi connectivity index (χ3n) is 3.33. The number of nitrogens with one attached hydrogen (secondary N) is 1. The van der Waals surface area contributed by atoms with Crippen molar-refractivity contribution in [3.63, 3.8) is 0 Å². The molecule has 0 heterocycles. The third-order valence-corrected chi connectivity index (χ3v) is 4.18. The lowest BCUT2D eigenvalue weighted by Gasteiger charge is -2.12. The van der Waals surface area contributed by atoms with E-state index in [1.807, 2.05) is 19.9 Å². The quantitative estimate of drug-likeness (QED) is 0.608. The summed E-state index contributed by atoms with van der Waals surface area (Å²) in [7, 11) is 0. The van der Waals surface area contributed by atoms with Gasteiger partial charge in [0.15, 0.2) is 0 Å². The van der Waals surface area contributed by atoms with E-state index in [0.29, 0.717) is 17.0 Å². The molecule has 0 bridgehead atoms. The molecule has 0 aliphatic rings. The molecule has 0 saturated heterocycles. The largest absolute Gasteiger partial charge is 0.417 e. The van der Waals surface area contributed by atoms with Crippen LogP contribution in [0.5, 0.6) is 5.75 Å². The Labute approximate surface area is 141 Å². The van der Waals surface area contributed by atoms with Gasteiger partial charge in [-0.1, -0.05) is 22.0 Å². The second-order valence-electron chi connectivity index (χ2n) is 5.14. The van der Waals surface area contributed by atoms with Gasteiger partial charge in [0.25, 0.3) is 5.69 Å². The highest BCUT2D eigenvalue weighted by molar-refractivity contribution is 9.10. The average molecular weight is 379 g/mol. The Hall–Kier alpha value is -2.41. The number of nitro benzene ring substituents is 1. The van der Waals surface area contributed by atoms with Crippen molar-refractivity contribution in [2.45, 2.75) is 20.8 Å². The zero-order chi connectivity index (χ0) is 17.1. The van der Waals surface area contributed by atoms with Crippen LogP contribution in [0.2, 0.25) is 0 Å². The van der Waals surface area contributed by atoms with Crippen molar-refractivity contribution in [1.29, 1.82) is 0 Å². The third kappa shape index (κ3) is 4.07. The topological polar surface area (TPSA) is 81.5 Å². The molecule has 120 valence electrons. The normalized spacial score (nSPS) is 10.3. The number of non-ortho nitro benzene ring substituents is 1. The van der Waals surface area contributed by atoms with Crippen molar-refractivity contribution in [2.24, 2.45) is 0 Å². The zero-order valence-corrected chi connectivity index (χ0v) is 14.4. The van der Waals surface area contributed by atoms with E-state index < -0.39 is 11.0 Å². The number of nitro groups is 1. The summed E-state index contributed by atoms with van der Waals surface area (Å²) in [5.74, 6) is 0.436. The smallest absolute Gasteiger partial charge is 0.410 e. The van der Waals surface area contributed by atoms with Gasteiger partial charge in [-0.2, -0.15) is 0 Å². The Kier molecular flexibility index (Phi) is 5.00. The number of carbonyl (C=O) groups excluding carboxylic acids is 1. The van der Waals surface area contributed by atoms with Crippen LogP contribution >= 0.6 is 15.9 Å². The van der Waals surface area contributed by atoms with Crippen molar-refractivity contribution in [3.8, 4) is 5.75 Å². The molecule has 0 fully saturated rings. The van der Waals surface area contributed by atoms with Gasteiger partial charge in [-0.05, 0) is 49.6 Å². The fourth-order valence-electron chi connectivity index (χ4n) is 1.96. The number of benzene rings is 2. The minimum absolute atomic E-state index is 0.0958. The number of halogens is 1. The van der Waals surface area contributed by atoms with Crippen LogP contribution in [0.1, 0.15) is 16.7 Å². The summed E-state index contributed by atoms with van der Waals surface area (Å²) in [4.78, 5) is 22.3. The lowest BCUT2D eigenvalue weighted by atomic mass is 10.1. The highest BCUT2D eigenvalue weighted by Gasteiger charge is 2.13. The van der Waals surface area contributed by atoms with E-state index in [1.165, 1.54) is 12.1 Å². The number of ether oxygens (including phenoxy) is 1. The predicted molar refractivity (Wildman–Crippen MR) is 91.1 cm³/mol. The molecule has 6 nitrogen and oxygen atoms in total. The maximum atomic E-state index is 12.0. The molecule has 2 aromatic carbocycles. The van der Waals surface area contributed by atoms with Crippen LogP contribution in [-0.4, -0.2) is 11.0 Å². The first kappa shape index (κ1) is 17.0. The monoisotopic (exact) mass is 378 g/mol. The molecule has 1 amide bonds. The number of aryl methyl sites for hydroxylation is 3. The first-order chi connectivity index (χ1) is 10.8. The van der Waals surface area contributed by atoms with E-state index in [1.54, 1.807) is 19.1 Å². The molecule has 0 atom stereocenters. The highest BCUT2D eigenvalue weighted by Crippen LogP contribution is 2.27. The minimum Gasteiger partial charge on any atom is -0.410 e. The molecule has 23 heavy (non-hydrogen) atoms. The number of carbonyl (C=O) groups is 1. The van der Waals surface area contributed by atoms with Crippen molar-refractivity contribution < 1.29 is 14.5 Å². The van der Waals surface area contributed by atoms with E-state index in [9.17, 15) is 14.9 Å². The Morgan fingerprint density at radius 2 is 1.83 bits per heavy atom. The second-order valence-corrected chi connectivity index (χ2v) is 5.99. The Morgan fingerprint density at radius 1 is 1.13 bits per heavy atom. The molecule has 2 aromatic rings. The molecule has 0 aliphatic carbocycles. The highest BCUT2D eigenvalue weighted by atomic mass is 79.9. The van der Waals surface area contributed by atoms with Crippen molar-refractivity contribution in [2.75, 3.05) is 5.32 Å². The summed E-state index contributed by atoms with van der Waals surface area (Å²) in [5.41, 5.74) is 2.69. The number of amides is 1. The first-order valence-corrected chi connectivity index (χ1v) is 7.58. The van der Waals surface area contributed by atoms with Gasteiger partial charge in [0, 0.05) is 16.6 Å². The summed E-state index contributed by atoms with van der Waals surface area (Å²) in [5, 5.41) is 13.4. The molecule has 2 rings (SSSR count). The van der Waals surface area contributed by atoms with Crippen LogP contribution in [0, 0.1) is 30.9 Å².